The Morgan fingerprint density at radius 3 is 1.26 bits per heavy atom. The van der Waals surface area contributed by atoms with Gasteiger partial charge in [0.15, 0.2) is 0 Å². The maximum Gasteiger partial charge on any atom is 1.00 e. The fourth-order valence-electron chi connectivity index (χ4n) is 4.06. The van der Waals surface area contributed by atoms with E-state index in [1.165, 1.54) is 121 Å². The van der Waals surface area contributed by atoms with Gasteiger partial charge in [0.25, 0.3) is 10.1 Å². The van der Waals surface area contributed by atoms with Crippen LogP contribution in [0, 0.1) is 0 Å². The zero-order chi connectivity index (χ0) is 21.9. The van der Waals surface area contributed by atoms with Crippen molar-refractivity contribution < 1.29 is 44.0 Å². The number of hydrogen-bond donors (Lipinski definition) is 1. The van der Waals surface area contributed by atoms with Crippen LogP contribution in [-0.4, -0.2) is 13.0 Å². The van der Waals surface area contributed by atoms with Gasteiger partial charge in [-0.05, 0) is 30.5 Å². The zero-order valence-electron chi connectivity index (χ0n) is 21.4. The first-order chi connectivity index (χ1) is 14.5. The molecule has 31 heavy (non-hydrogen) atoms. The van der Waals surface area contributed by atoms with E-state index in [9.17, 15) is 8.42 Å². The van der Waals surface area contributed by atoms with Crippen molar-refractivity contribution in [2.24, 2.45) is 0 Å². The van der Waals surface area contributed by atoms with Crippen LogP contribution in [0.1, 0.15) is 129 Å². The molecule has 0 aliphatic carbocycles. The third-order valence-corrected chi connectivity index (χ3v) is 6.91. The van der Waals surface area contributed by atoms with E-state index in [0.717, 1.165) is 18.4 Å². The van der Waals surface area contributed by atoms with Crippen LogP contribution in [0.2, 0.25) is 0 Å². The molecule has 0 fully saturated rings. The van der Waals surface area contributed by atoms with Gasteiger partial charge in [-0.3, -0.25) is 4.55 Å². The Balaban J connectivity index is 0. The Bertz CT molecular complexity index is 620. The number of aryl methyl sites for hydroxylation is 1. The van der Waals surface area contributed by atoms with Gasteiger partial charge in [-0.15, -0.1) is 0 Å². The van der Waals surface area contributed by atoms with Crippen molar-refractivity contribution in [2.75, 3.05) is 0 Å². The molecule has 5 heteroatoms. The van der Waals surface area contributed by atoms with E-state index in [1.54, 1.807) is 12.1 Å². The SMILES string of the molecule is CCCCCCCCCCCCCCCCCCCCc1ccc(S(=O)(=O)O)cc1.[H-].[Na+]. The first kappa shape index (κ1) is 31.1. The minimum Gasteiger partial charge on any atom is -1.00 e. The van der Waals surface area contributed by atoms with Crippen LogP contribution < -0.4 is 29.6 Å². The second-order valence-corrected chi connectivity index (χ2v) is 10.3. The van der Waals surface area contributed by atoms with Crippen LogP contribution >= 0.6 is 0 Å². The van der Waals surface area contributed by atoms with Gasteiger partial charge in [-0.1, -0.05) is 128 Å². The van der Waals surface area contributed by atoms with Gasteiger partial charge in [0.05, 0.1) is 4.90 Å². The monoisotopic (exact) mass is 462 g/mol. The second-order valence-electron chi connectivity index (χ2n) is 8.88. The Hall–Kier alpha value is 0.130. The minimum absolute atomic E-state index is 0. The van der Waals surface area contributed by atoms with Gasteiger partial charge in [0.1, 0.15) is 0 Å². The first-order valence-electron chi connectivity index (χ1n) is 12.6. The maximum atomic E-state index is 11.0. The second kappa shape index (κ2) is 20.7. The Morgan fingerprint density at radius 2 is 0.935 bits per heavy atom. The molecule has 0 aromatic heterocycles. The summed E-state index contributed by atoms with van der Waals surface area (Å²) in [5, 5.41) is 0. The molecule has 0 saturated heterocycles. The Labute approximate surface area is 216 Å². The number of unbranched alkanes of at least 4 members (excludes halogenated alkanes) is 17. The molecule has 0 aliphatic heterocycles. The smallest absolute Gasteiger partial charge is 1.00 e. The van der Waals surface area contributed by atoms with Gasteiger partial charge in [0, 0.05) is 0 Å². The fourth-order valence-corrected chi connectivity index (χ4v) is 4.54. The van der Waals surface area contributed by atoms with Crippen LogP contribution in [-0.2, 0) is 16.5 Å². The molecule has 0 heterocycles. The Kier molecular flexibility index (Phi) is 20.8. The molecule has 176 valence electrons. The molecule has 0 saturated carbocycles. The van der Waals surface area contributed by atoms with Crippen LogP contribution in [0.5, 0.6) is 0 Å². The molecule has 0 bridgehead atoms. The molecule has 3 nitrogen and oxygen atoms in total. The molecule has 1 N–H and O–H groups in total. The zero-order valence-corrected chi connectivity index (χ0v) is 23.2. The summed E-state index contributed by atoms with van der Waals surface area (Å²) < 4.78 is 31.1. The van der Waals surface area contributed by atoms with Gasteiger partial charge < -0.3 is 1.43 Å². The van der Waals surface area contributed by atoms with E-state index in [0.29, 0.717) is 0 Å². The van der Waals surface area contributed by atoms with Gasteiger partial charge in [0.2, 0.25) is 0 Å². The van der Waals surface area contributed by atoms with Gasteiger partial charge >= 0.3 is 29.6 Å². The number of benzene rings is 1. The van der Waals surface area contributed by atoms with E-state index in [-0.39, 0.29) is 35.9 Å². The molecule has 0 amide bonds. The van der Waals surface area contributed by atoms with Crippen molar-refractivity contribution in [3.8, 4) is 0 Å². The molecule has 0 spiro atoms. The standard InChI is InChI=1S/C26H46O3S.Na.H/c1-2-3-4-5-6-7-8-9-10-11-12-13-14-15-16-17-18-19-20-25-21-23-26(24-22-25)30(27,28)29;;/h21-24H,2-20H2,1H3,(H,27,28,29);;/q;+1;-1. The van der Waals surface area contributed by atoms with Crippen LogP contribution in [0.15, 0.2) is 29.2 Å². The summed E-state index contributed by atoms with van der Waals surface area (Å²) in [5.74, 6) is 0. The Morgan fingerprint density at radius 1 is 0.613 bits per heavy atom. The molecule has 1 aromatic rings. The summed E-state index contributed by atoms with van der Waals surface area (Å²) in [6, 6.07) is 6.58. The van der Waals surface area contributed by atoms with E-state index in [4.69, 9.17) is 4.55 Å². The van der Waals surface area contributed by atoms with Crippen LogP contribution in [0.3, 0.4) is 0 Å². The summed E-state index contributed by atoms with van der Waals surface area (Å²) in [4.78, 5) is -0.0240. The average molecular weight is 463 g/mol. The van der Waals surface area contributed by atoms with Crippen molar-refractivity contribution in [3.05, 3.63) is 29.8 Å². The molecular formula is C26H47NaO3S. The van der Waals surface area contributed by atoms with Crippen LogP contribution in [0.25, 0.3) is 0 Å². The molecule has 1 aromatic carbocycles. The van der Waals surface area contributed by atoms with E-state index < -0.39 is 10.1 Å². The predicted octanol–water partition coefficient (Wildman–Crippen LogP) is 5.63. The molecular weight excluding hydrogens is 415 g/mol. The topological polar surface area (TPSA) is 54.4 Å². The summed E-state index contributed by atoms with van der Waals surface area (Å²) in [6.07, 6.45) is 25.8. The molecule has 0 unspecified atom stereocenters. The van der Waals surface area contributed by atoms with Crippen molar-refractivity contribution >= 4 is 10.1 Å². The molecule has 0 radical (unpaired) electrons. The van der Waals surface area contributed by atoms with Crippen molar-refractivity contribution in [1.29, 1.82) is 0 Å². The molecule has 0 aliphatic rings. The quantitative estimate of drug-likeness (QED) is 0.155. The normalized spacial score (nSPS) is 11.4. The molecule has 0 atom stereocenters. The van der Waals surface area contributed by atoms with E-state index >= 15 is 0 Å². The van der Waals surface area contributed by atoms with Crippen molar-refractivity contribution in [2.45, 2.75) is 134 Å². The third kappa shape index (κ3) is 18.3. The summed E-state index contributed by atoms with van der Waals surface area (Å²) in [5.41, 5.74) is 1.14. The van der Waals surface area contributed by atoms with Crippen molar-refractivity contribution in [3.63, 3.8) is 0 Å². The number of rotatable bonds is 20. The predicted molar refractivity (Wildman–Crippen MR) is 130 cm³/mol. The fraction of sp³-hybridized carbons (Fsp3) is 0.769. The maximum absolute atomic E-state index is 11.0. The minimum atomic E-state index is -4.07. The summed E-state index contributed by atoms with van der Waals surface area (Å²) >= 11 is 0. The summed E-state index contributed by atoms with van der Waals surface area (Å²) in [6.45, 7) is 2.28. The number of hydrogen-bond acceptors (Lipinski definition) is 2. The van der Waals surface area contributed by atoms with E-state index in [2.05, 4.69) is 6.92 Å². The van der Waals surface area contributed by atoms with Gasteiger partial charge in [-0.25, -0.2) is 0 Å². The van der Waals surface area contributed by atoms with E-state index in [1.807, 2.05) is 0 Å². The van der Waals surface area contributed by atoms with Crippen molar-refractivity contribution in [1.82, 2.24) is 0 Å². The van der Waals surface area contributed by atoms with Crippen LogP contribution in [0.4, 0.5) is 0 Å². The third-order valence-electron chi connectivity index (χ3n) is 6.04. The average Bonchev–Trinajstić information content (AvgIpc) is 2.72. The molecule has 1 rings (SSSR count). The largest absolute Gasteiger partial charge is 1.00 e. The van der Waals surface area contributed by atoms with Gasteiger partial charge in [-0.2, -0.15) is 8.42 Å². The first-order valence-corrected chi connectivity index (χ1v) is 14.0. The summed E-state index contributed by atoms with van der Waals surface area (Å²) in [7, 11) is -4.07.